The summed E-state index contributed by atoms with van der Waals surface area (Å²) < 4.78 is 2.14. The quantitative estimate of drug-likeness (QED) is 0.583. The maximum absolute atomic E-state index is 5.59. The summed E-state index contributed by atoms with van der Waals surface area (Å²) >= 11 is 0. The van der Waals surface area contributed by atoms with Crippen molar-refractivity contribution in [2.75, 3.05) is 20.6 Å². The van der Waals surface area contributed by atoms with Crippen LogP contribution >= 0.6 is 0 Å². The second-order valence-corrected chi connectivity index (χ2v) is 5.56. The molecule has 1 atom stereocenters. The molecule has 1 aliphatic rings. The maximum Gasteiger partial charge on any atom is 0.0641 e. The van der Waals surface area contributed by atoms with Gasteiger partial charge in [0.2, 0.25) is 0 Å². The van der Waals surface area contributed by atoms with Gasteiger partial charge in [0, 0.05) is 25.2 Å². The van der Waals surface area contributed by atoms with Crippen LogP contribution in [0.2, 0.25) is 0 Å². The van der Waals surface area contributed by atoms with Crippen molar-refractivity contribution in [1.82, 2.24) is 20.1 Å². The zero-order valence-corrected chi connectivity index (χ0v) is 11.5. The summed E-state index contributed by atoms with van der Waals surface area (Å²) in [6, 6.07) is 3.00. The molecule has 1 saturated carbocycles. The SMILES string of the molecule is CN(C)CC(Cc1ccn(C2CCCC2)n1)NN. The summed E-state index contributed by atoms with van der Waals surface area (Å²) in [4.78, 5) is 2.14. The molecular weight excluding hydrogens is 226 g/mol. The van der Waals surface area contributed by atoms with E-state index in [1.165, 1.54) is 25.7 Å². The molecule has 2 rings (SSSR count). The minimum atomic E-state index is 0.256. The molecule has 0 aromatic carbocycles. The first-order chi connectivity index (χ1) is 8.69. The lowest BCUT2D eigenvalue weighted by atomic mass is 10.1. The Balaban J connectivity index is 1.92. The van der Waals surface area contributed by atoms with Crippen LogP contribution in [0, 0.1) is 0 Å². The average molecular weight is 251 g/mol. The fraction of sp³-hybridized carbons (Fsp3) is 0.769. The molecule has 1 aromatic rings. The third kappa shape index (κ3) is 3.54. The average Bonchev–Trinajstić information content (AvgIpc) is 2.97. The van der Waals surface area contributed by atoms with Gasteiger partial charge in [0.15, 0.2) is 0 Å². The topological polar surface area (TPSA) is 59.1 Å². The molecule has 3 N–H and O–H groups in total. The van der Waals surface area contributed by atoms with Gasteiger partial charge in [-0.15, -0.1) is 0 Å². The molecule has 0 amide bonds. The molecule has 102 valence electrons. The minimum absolute atomic E-state index is 0.256. The molecule has 0 spiro atoms. The summed E-state index contributed by atoms with van der Waals surface area (Å²) in [7, 11) is 4.11. The van der Waals surface area contributed by atoms with E-state index < -0.39 is 0 Å². The molecule has 1 aromatic heterocycles. The van der Waals surface area contributed by atoms with Crippen LogP contribution in [-0.4, -0.2) is 41.4 Å². The number of hydrogen-bond acceptors (Lipinski definition) is 4. The van der Waals surface area contributed by atoms with Gasteiger partial charge in [0.25, 0.3) is 0 Å². The molecule has 0 bridgehead atoms. The summed E-state index contributed by atoms with van der Waals surface area (Å²) in [6.07, 6.45) is 8.23. The third-order valence-corrected chi connectivity index (χ3v) is 3.64. The van der Waals surface area contributed by atoms with E-state index in [0.29, 0.717) is 6.04 Å². The van der Waals surface area contributed by atoms with E-state index in [-0.39, 0.29) is 6.04 Å². The van der Waals surface area contributed by atoms with E-state index >= 15 is 0 Å². The Morgan fingerprint density at radius 1 is 1.50 bits per heavy atom. The van der Waals surface area contributed by atoms with Crippen LogP contribution in [-0.2, 0) is 6.42 Å². The van der Waals surface area contributed by atoms with Crippen LogP contribution in [0.15, 0.2) is 12.3 Å². The summed E-state index contributed by atoms with van der Waals surface area (Å²) in [6.45, 7) is 0.923. The van der Waals surface area contributed by atoms with Crippen LogP contribution in [0.5, 0.6) is 0 Å². The highest BCUT2D eigenvalue weighted by molar-refractivity contribution is 5.03. The van der Waals surface area contributed by atoms with Crippen molar-refractivity contribution in [2.24, 2.45) is 5.84 Å². The van der Waals surface area contributed by atoms with Crippen molar-refractivity contribution in [3.8, 4) is 0 Å². The molecule has 0 radical (unpaired) electrons. The smallest absolute Gasteiger partial charge is 0.0641 e. The number of hydrogen-bond donors (Lipinski definition) is 2. The lowest BCUT2D eigenvalue weighted by molar-refractivity contribution is 0.336. The normalized spacial score (nSPS) is 18.7. The molecule has 1 aliphatic carbocycles. The Labute approximate surface area is 109 Å². The van der Waals surface area contributed by atoms with Gasteiger partial charge in [-0.1, -0.05) is 12.8 Å². The van der Waals surface area contributed by atoms with Gasteiger partial charge in [0.05, 0.1) is 11.7 Å². The van der Waals surface area contributed by atoms with Crippen molar-refractivity contribution >= 4 is 0 Å². The number of nitrogens with two attached hydrogens (primary N) is 1. The molecule has 1 heterocycles. The first-order valence-electron chi connectivity index (χ1n) is 6.84. The summed E-state index contributed by atoms with van der Waals surface area (Å²) in [5.41, 5.74) is 4.00. The molecule has 18 heavy (non-hydrogen) atoms. The van der Waals surface area contributed by atoms with Crippen LogP contribution in [0.3, 0.4) is 0 Å². The largest absolute Gasteiger partial charge is 0.308 e. The van der Waals surface area contributed by atoms with Crippen LogP contribution < -0.4 is 11.3 Å². The van der Waals surface area contributed by atoms with E-state index in [1.54, 1.807) is 0 Å². The molecule has 5 nitrogen and oxygen atoms in total. The predicted octanol–water partition coefficient (Wildman–Crippen LogP) is 0.934. The Hall–Kier alpha value is -0.910. The standard InChI is InChI=1S/C13H25N5/c1-17(2)10-12(15-14)9-11-7-8-18(16-11)13-5-3-4-6-13/h7-8,12-13,15H,3-6,9-10,14H2,1-2H3. The van der Waals surface area contributed by atoms with Crippen LogP contribution in [0.25, 0.3) is 0 Å². The number of hydrazine groups is 1. The van der Waals surface area contributed by atoms with E-state index in [0.717, 1.165) is 18.7 Å². The van der Waals surface area contributed by atoms with Crippen molar-refractivity contribution in [3.63, 3.8) is 0 Å². The van der Waals surface area contributed by atoms with Crippen molar-refractivity contribution < 1.29 is 0 Å². The van der Waals surface area contributed by atoms with Crippen molar-refractivity contribution in [3.05, 3.63) is 18.0 Å². The second-order valence-electron chi connectivity index (χ2n) is 5.56. The molecule has 0 saturated heterocycles. The lowest BCUT2D eigenvalue weighted by Crippen LogP contribution is -2.43. The zero-order chi connectivity index (χ0) is 13.0. The monoisotopic (exact) mass is 251 g/mol. The Morgan fingerprint density at radius 2 is 2.22 bits per heavy atom. The lowest BCUT2D eigenvalue weighted by Gasteiger charge is -2.19. The highest BCUT2D eigenvalue weighted by Crippen LogP contribution is 2.28. The number of rotatable bonds is 6. The fourth-order valence-corrected chi connectivity index (χ4v) is 2.73. The van der Waals surface area contributed by atoms with Crippen LogP contribution in [0.4, 0.5) is 0 Å². The first kappa shape index (κ1) is 13.5. The number of aromatic nitrogens is 2. The zero-order valence-electron chi connectivity index (χ0n) is 11.5. The van der Waals surface area contributed by atoms with Crippen molar-refractivity contribution in [2.45, 2.75) is 44.2 Å². The minimum Gasteiger partial charge on any atom is -0.308 e. The molecule has 5 heteroatoms. The molecule has 1 fully saturated rings. The van der Waals surface area contributed by atoms with Gasteiger partial charge in [-0.2, -0.15) is 5.10 Å². The Kier molecular flexibility index (Phi) is 4.74. The second kappa shape index (κ2) is 6.31. The van der Waals surface area contributed by atoms with Crippen LogP contribution in [0.1, 0.15) is 37.4 Å². The fourth-order valence-electron chi connectivity index (χ4n) is 2.73. The number of nitrogens with zero attached hydrogens (tertiary/aromatic N) is 3. The van der Waals surface area contributed by atoms with Gasteiger partial charge in [-0.25, -0.2) is 0 Å². The molecule has 1 unspecified atom stereocenters. The summed E-state index contributed by atoms with van der Waals surface area (Å²) in [5, 5.41) is 4.69. The van der Waals surface area contributed by atoms with E-state index in [1.807, 2.05) is 0 Å². The third-order valence-electron chi connectivity index (χ3n) is 3.64. The Morgan fingerprint density at radius 3 is 2.83 bits per heavy atom. The van der Waals surface area contributed by atoms with E-state index in [9.17, 15) is 0 Å². The highest BCUT2D eigenvalue weighted by atomic mass is 15.3. The van der Waals surface area contributed by atoms with Gasteiger partial charge < -0.3 is 4.90 Å². The predicted molar refractivity (Wildman–Crippen MR) is 73.1 cm³/mol. The van der Waals surface area contributed by atoms with E-state index in [4.69, 9.17) is 5.84 Å². The molecular formula is C13H25N5. The van der Waals surface area contributed by atoms with Gasteiger partial charge in [-0.05, 0) is 33.0 Å². The number of nitrogens with one attached hydrogen (secondary N) is 1. The van der Waals surface area contributed by atoms with Gasteiger partial charge in [0.1, 0.15) is 0 Å². The van der Waals surface area contributed by atoms with Gasteiger partial charge >= 0.3 is 0 Å². The van der Waals surface area contributed by atoms with Gasteiger partial charge in [-0.3, -0.25) is 16.0 Å². The maximum atomic E-state index is 5.59. The number of likely N-dealkylation sites (N-methyl/N-ethyl adjacent to an activating group) is 1. The highest BCUT2D eigenvalue weighted by Gasteiger charge is 2.18. The molecule has 0 aliphatic heterocycles. The van der Waals surface area contributed by atoms with E-state index in [2.05, 4.69) is 46.5 Å². The first-order valence-corrected chi connectivity index (χ1v) is 6.84. The Bertz CT molecular complexity index is 354. The van der Waals surface area contributed by atoms with Crippen molar-refractivity contribution in [1.29, 1.82) is 0 Å². The summed E-state index contributed by atoms with van der Waals surface area (Å²) in [5.74, 6) is 5.59.